The molecule has 8 heteroatoms. The Bertz CT molecular complexity index is 1160. The molecule has 0 unspecified atom stereocenters. The second-order valence-electron chi connectivity index (χ2n) is 5.64. The number of nitrogens with zero attached hydrogens (tertiary/aromatic N) is 1. The topological polar surface area (TPSA) is 108 Å². The number of pyridine rings is 1. The first-order chi connectivity index (χ1) is 13.1. The van der Waals surface area contributed by atoms with Crippen molar-refractivity contribution in [2.75, 3.05) is 7.11 Å². The molecule has 0 fully saturated rings. The van der Waals surface area contributed by atoms with Crippen LogP contribution in [-0.2, 0) is 11.3 Å². The number of hydrogen-bond donors (Lipinski definition) is 1. The number of oxazole rings is 1. The molecule has 0 aliphatic carbocycles. The molecule has 0 aliphatic rings. The van der Waals surface area contributed by atoms with Crippen LogP contribution in [0.3, 0.4) is 0 Å². The zero-order chi connectivity index (χ0) is 18.8. The SMILES string of the molecule is COc1ccc2c(C(=O)OCc3cnc(-c4ccco4)o3)cc(=O)[nH]c2c1. The lowest BCUT2D eigenvalue weighted by atomic mass is 10.1. The van der Waals surface area contributed by atoms with Crippen molar-refractivity contribution in [1.82, 2.24) is 9.97 Å². The number of nitrogens with one attached hydrogen (secondary N) is 1. The molecule has 1 N–H and O–H groups in total. The second-order valence-corrected chi connectivity index (χ2v) is 5.64. The van der Waals surface area contributed by atoms with Crippen LogP contribution < -0.4 is 10.3 Å². The van der Waals surface area contributed by atoms with E-state index < -0.39 is 11.5 Å². The van der Waals surface area contributed by atoms with Gasteiger partial charge >= 0.3 is 5.97 Å². The molecular weight excluding hydrogens is 352 g/mol. The maximum Gasteiger partial charge on any atom is 0.339 e. The van der Waals surface area contributed by atoms with Crippen LogP contribution >= 0.6 is 0 Å². The lowest BCUT2D eigenvalue weighted by molar-refractivity contribution is 0.0448. The number of fused-ring (bicyclic) bond motifs is 1. The number of aromatic nitrogens is 2. The van der Waals surface area contributed by atoms with Crippen LogP contribution in [0.4, 0.5) is 0 Å². The highest BCUT2D eigenvalue weighted by atomic mass is 16.5. The summed E-state index contributed by atoms with van der Waals surface area (Å²) in [6.45, 7) is -0.128. The third-order valence-electron chi connectivity index (χ3n) is 3.90. The fourth-order valence-corrected chi connectivity index (χ4v) is 2.64. The van der Waals surface area contributed by atoms with E-state index in [4.69, 9.17) is 18.3 Å². The summed E-state index contributed by atoms with van der Waals surface area (Å²) in [5.74, 6) is 1.04. The van der Waals surface area contributed by atoms with E-state index in [1.807, 2.05) is 0 Å². The summed E-state index contributed by atoms with van der Waals surface area (Å²) in [4.78, 5) is 31.1. The molecule has 8 nitrogen and oxygen atoms in total. The molecule has 0 saturated carbocycles. The molecular formula is C19H14N2O6. The Kier molecular flexibility index (Phi) is 4.21. The number of H-pyrrole nitrogens is 1. The van der Waals surface area contributed by atoms with E-state index in [0.717, 1.165) is 0 Å². The third kappa shape index (κ3) is 3.32. The Labute approximate surface area is 152 Å². The first kappa shape index (κ1) is 16.6. The molecule has 0 bridgehead atoms. The van der Waals surface area contributed by atoms with Gasteiger partial charge in [0.15, 0.2) is 18.1 Å². The van der Waals surface area contributed by atoms with Crippen molar-refractivity contribution in [3.63, 3.8) is 0 Å². The molecule has 0 aliphatic heterocycles. The minimum Gasteiger partial charge on any atom is -0.497 e. The van der Waals surface area contributed by atoms with Crippen LogP contribution in [0.25, 0.3) is 22.6 Å². The summed E-state index contributed by atoms with van der Waals surface area (Å²) in [5.41, 5.74) is 0.221. The second kappa shape index (κ2) is 6.83. The van der Waals surface area contributed by atoms with Gasteiger partial charge in [-0.1, -0.05) is 0 Å². The minimum absolute atomic E-state index is 0.128. The normalized spacial score (nSPS) is 10.9. The fourth-order valence-electron chi connectivity index (χ4n) is 2.64. The highest BCUT2D eigenvalue weighted by Gasteiger charge is 2.16. The summed E-state index contributed by atoms with van der Waals surface area (Å²) in [6, 6.07) is 9.64. The van der Waals surface area contributed by atoms with E-state index in [1.54, 1.807) is 30.3 Å². The van der Waals surface area contributed by atoms with Crippen LogP contribution in [-0.4, -0.2) is 23.0 Å². The van der Waals surface area contributed by atoms with Crippen molar-refractivity contribution < 1.29 is 23.1 Å². The number of rotatable bonds is 5. The Morgan fingerprint density at radius 3 is 2.93 bits per heavy atom. The molecule has 0 amide bonds. The van der Waals surface area contributed by atoms with E-state index >= 15 is 0 Å². The number of benzene rings is 1. The number of aromatic amines is 1. The fraction of sp³-hybridized carbons (Fsp3) is 0.105. The van der Waals surface area contributed by atoms with Crippen LogP contribution in [0.5, 0.6) is 5.75 Å². The van der Waals surface area contributed by atoms with Gasteiger partial charge in [-0.2, -0.15) is 0 Å². The van der Waals surface area contributed by atoms with Crippen molar-refractivity contribution in [2.24, 2.45) is 0 Å². The van der Waals surface area contributed by atoms with Gasteiger partial charge in [-0.3, -0.25) is 4.79 Å². The van der Waals surface area contributed by atoms with Crippen molar-refractivity contribution in [1.29, 1.82) is 0 Å². The smallest absolute Gasteiger partial charge is 0.339 e. The van der Waals surface area contributed by atoms with Crippen molar-refractivity contribution in [2.45, 2.75) is 6.61 Å². The van der Waals surface area contributed by atoms with Crippen LogP contribution in [0.15, 0.2) is 62.5 Å². The van der Waals surface area contributed by atoms with Crippen LogP contribution in [0, 0.1) is 0 Å². The van der Waals surface area contributed by atoms with Crippen molar-refractivity contribution >= 4 is 16.9 Å². The number of carbonyl (C=O) groups is 1. The van der Waals surface area contributed by atoms with Gasteiger partial charge < -0.3 is 23.3 Å². The zero-order valence-electron chi connectivity index (χ0n) is 14.2. The monoisotopic (exact) mass is 366 g/mol. The molecule has 0 saturated heterocycles. The summed E-state index contributed by atoms with van der Waals surface area (Å²) >= 11 is 0. The lowest BCUT2D eigenvalue weighted by Crippen LogP contribution is -2.13. The Hall–Kier alpha value is -3.81. The summed E-state index contributed by atoms with van der Waals surface area (Å²) in [7, 11) is 1.52. The molecule has 27 heavy (non-hydrogen) atoms. The third-order valence-corrected chi connectivity index (χ3v) is 3.90. The average Bonchev–Trinajstić information content (AvgIpc) is 3.36. The van der Waals surface area contributed by atoms with Gasteiger partial charge in [0.2, 0.25) is 5.56 Å². The average molecular weight is 366 g/mol. The van der Waals surface area contributed by atoms with Crippen molar-refractivity contribution in [3.05, 3.63) is 70.5 Å². The van der Waals surface area contributed by atoms with Gasteiger partial charge in [0.05, 0.1) is 30.6 Å². The summed E-state index contributed by atoms with van der Waals surface area (Å²) < 4.78 is 21.1. The quantitative estimate of drug-likeness (QED) is 0.541. The molecule has 3 heterocycles. The Morgan fingerprint density at radius 1 is 1.26 bits per heavy atom. The molecule has 3 aromatic heterocycles. The number of furan rings is 1. The maximum atomic E-state index is 12.5. The molecule has 136 valence electrons. The number of ether oxygens (including phenoxy) is 2. The molecule has 4 rings (SSSR count). The summed E-state index contributed by atoms with van der Waals surface area (Å²) in [5, 5.41) is 0.550. The van der Waals surface area contributed by atoms with Gasteiger partial charge in [-0.25, -0.2) is 9.78 Å². The standard InChI is InChI=1S/C19H14N2O6/c1-24-11-4-5-13-14(8-17(22)21-15(13)7-11)19(23)26-10-12-9-20-18(27-12)16-3-2-6-25-16/h2-9H,10H2,1H3,(H,21,22). The van der Waals surface area contributed by atoms with E-state index in [-0.39, 0.29) is 12.2 Å². The van der Waals surface area contributed by atoms with Gasteiger partial charge in [-0.15, -0.1) is 0 Å². The maximum absolute atomic E-state index is 12.5. The molecule has 0 atom stereocenters. The van der Waals surface area contributed by atoms with E-state index in [9.17, 15) is 9.59 Å². The summed E-state index contributed by atoms with van der Waals surface area (Å²) in [6.07, 6.45) is 2.96. The highest BCUT2D eigenvalue weighted by molar-refractivity contribution is 6.03. The lowest BCUT2D eigenvalue weighted by Gasteiger charge is -2.07. The first-order valence-electron chi connectivity index (χ1n) is 8.01. The van der Waals surface area contributed by atoms with Crippen LogP contribution in [0.1, 0.15) is 16.1 Å². The Balaban J connectivity index is 1.56. The van der Waals surface area contributed by atoms with Gasteiger partial charge in [0, 0.05) is 17.5 Å². The predicted octanol–water partition coefficient (Wildman–Crippen LogP) is 3.14. The van der Waals surface area contributed by atoms with Gasteiger partial charge in [0.1, 0.15) is 5.75 Å². The van der Waals surface area contributed by atoms with Gasteiger partial charge in [0.25, 0.3) is 5.89 Å². The number of hydrogen-bond acceptors (Lipinski definition) is 7. The number of esters is 1. The van der Waals surface area contributed by atoms with E-state index in [2.05, 4.69) is 9.97 Å². The highest BCUT2D eigenvalue weighted by Crippen LogP contribution is 2.23. The molecule has 4 aromatic rings. The molecule has 0 spiro atoms. The van der Waals surface area contributed by atoms with Gasteiger partial charge in [-0.05, 0) is 24.3 Å². The van der Waals surface area contributed by atoms with Crippen molar-refractivity contribution in [3.8, 4) is 17.4 Å². The molecule has 0 radical (unpaired) electrons. The zero-order valence-corrected chi connectivity index (χ0v) is 14.2. The van der Waals surface area contributed by atoms with Crippen LogP contribution in [0.2, 0.25) is 0 Å². The van der Waals surface area contributed by atoms with E-state index in [1.165, 1.54) is 25.6 Å². The number of methoxy groups -OCH3 is 1. The predicted molar refractivity (Wildman–Crippen MR) is 94.4 cm³/mol. The van der Waals surface area contributed by atoms with E-state index in [0.29, 0.717) is 34.1 Å². The minimum atomic E-state index is -0.646. The first-order valence-corrected chi connectivity index (χ1v) is 8.01. The largest absolute Gasteiger partial charge is 0.497 e. The number of carbonyl (C=O) groups excluding carboxylic acids is 1. The Morgan fingerprint density at radius 2 is 2.15 bits per heavy atom. The molecule has 1 aromatic carbocycles.